The number of nitrogens with zero attached hydrogens (tertiary/aromatic N) is 2. The molecule has 120 valence electrons. The largest absolute Gasteiger partial charge is 0.340 e. The fraction of sp³-hybridized carbons (Fsp3) is 0.667. The fourth-order valence-corrected chi connectivity index (χ4v) is 4.31. The van der Waals surface area contributed by atoms with E-state index in [2.05, 4.69) is 10.3 Å². The highest BCUT2D eigenvalue weighted by molar-refractivity contribution is 7.15. The number of hydrogen-bond donors (Lipinski definition) is 1. The molecule has 7 heteroatoms. The molecule has 2 aliphatic rings. The molecule has 5 nitrogen and oxygen atoms in total. The van der Waals surface area contributed by atoms with Crippen LogP contribution in [0.25, 0.3) is 0 Å². The van der Waals surface area contributed by atoms with E-state index in [0.717, 1.165) is 29.8 Å². The van der Waals surface area contributed by atoms with Crippen molar-refractivity contribution >= 4 is 28.3 Å². The Morgan fingerprint density at radius 2 is 2.27 bits per heavy atom. The molecule has 1 aliphatic carbocycles. The van der Waals surface area contributed by atoms with E-state index in [9.17, 15) is 14.0 Å². The van der Waals surface area contributed by atoms with Crippen LogP contribution >= 0.6 is 11.3 Å². The lowest BCUT2D eigenvalue weighted by Gasteiger charge is -2.23. The molecule has 0 bridgehead atoms. The topological polar surface area (TPSA) is 62.3 Å². The van der Waals surface area contributed by atoms with Crippen molar-refractivity contribution in [3.8, 4) is 0 Å². The van der Waals surface area contributed by atoms with Gasteiger partial charge in [0.1, 0.15) is 6.17 Å². The second-order valence-corrected chi connectivity index (χ2v) is 7.19. The van der Waals surface area contributed by atoms with Gasteiger partial charge in [0.25, 0.3) is 0 Å². The van der Waals surface area contributed by atoms with Gasteiger partial charge in [0.15, 0.2) is 5.13 Å². The number of aromatic nitrogens is 1. The van der Waals surface area contributed by atoms with Crippen molar-refractivity contribution < 1.29 is 14.0 Å². The third kappa shape index (κ3) is 3.45. The van der Waals surface area contributed by atoms with Gasteiger partial charge in [0, 0.05) is 24.8 Å². The minimum atomic E-state index is -0.858. The molecule has 0 radical (unpaired) electrons. The van der Waals surface area contributed by atoms with Crippen LogP contribution in [0.4, 0.5) is 9.52 Å². The molecule has 1 saturated heterocycles. The molecule has 1 aromatic rings. The Labute approximate surface area is 132 Å². The average molecular weight is 325 g/mol. The van der Waals surface area contributed by atoms with Crippen molar-refractivity contribution in [2.45, 2.75) is 45.2 Å². The number of anilines is 1. The maximum absolute atomic E-state index is 13.2. The zero-order valence-corrected chi connectivity index (χ0v) is 13.4. The molecule has 2 unspecified atom stereocenters. The van der Waals surface area contributed by atoms with E-state index in [0.29, 0.717) is 30.4 Å². The minimum absolute atomic E-state index is 0.0696. The first-order valence-electron chi connectivity index (χ1n) is 7.69. The van der Waals surface area contributed by atoms with Gasteiger partial charge < -0.3 is 10.2 Å². The Morgan fingerprint density at radius 1 is 1.45 bits per heavy atom. The SMILES string of the molecule is CC(=O)Nc1nc2c(s1)CC(CC(=O)N1CCC(F)C1)CC2. The number of carbonyl (C=O) groups is 2. The number of halogens is 1. The first kappa shape index (κ1) is 15.4. The summed E-state index contributed by atoms with van der Waals surface area (Å²) in [7, 11) is 0. The maximum Gasteiger partial charge on any atom is 0.223 e. The molecular formula is C15H20FN3O2S. The molecule has 3 rings (SSSR count). The average Bonchev–Trinajstić information content (AvgIpc) is 3.03. The summed E-state index contributed by atoms with van der Waals surface area (Å²) in [6.07, 6.45) is 2.69. The van der Waals surface area contributed by atoms with Gasteiger partial charge in [-0.25, -0.2) is 9.37 Å². The predicted molar refractivity (Wildman–Crippen MR) is 82.6 cm³/mol. The Hall–Kier alpha value is -1.50. The highest BCUT2D eigenvalue weighted by atomic mass is 32.1. The first-order chi connectivity index (χ1) is 10.5. The van der Waals surface area contributed by atoms with Crippen LogP contribution in [-0.2, 0) is 22.4 Å². The van der Waals surface area contributed by atoms with Gasteiger partial charge in [-0.1, -0.05) is 0 Å². The van der Waals surface area contributed by atoms with E-state index < -0.39 is 6.17 Å². The Bertz CT molecular complexity index is 589. The summed E-state index contributed by atoms with van der Waals surface area (Å²) in [6.45, 7) is 2.27. The number of amides is 2. The highest BCUT2D eigenvalue weighted by Crippen LogP contribution is 2.34. The summed E-state index contributed by atoms with van der Waals surface area (Å²) in [5.41, 5.74) is 1.04. The van der Waals surface area contributed by atoms with Crippen LogP contribution in [0.1, 0.15) is 36.8 Å². The van der Waals surface area contributed by atoms with Crippen LogP contribution in [0.3, 0.4) is 0 Å². The van der Waals surface area contributed by atoms with Crippen molar-refractivity contribution in [2.75, 3.05) is 18.4 Å². The number of carbonyl (C=O) groups excluding carboxylic acids is 2. The molecule has 1 N–H and O–H groups in total. The standard InChI is InChI=1S/C15H20FN3O2S/c1-9(20)17-15-18-12-3-2-10(6-13(12)22-15)7-14(21)19-5-4-11(16)8-19/h10-11H,2-8H2,1H3,(H,17,18,20). The van der Waals surface area contributed by atoms with E-state index in [-0.39, 0.29) is 18.4 Å². The Balaban J connectivity index is 1.58. The smallest absolute Gasteiger partial charge is 0.223 e. The molecule has 2 heterocycles. The second-order valence-electron chi connectivity index (χ2n) is 6.11. The number of nitrogens with one attached hydrogen (secondary N) is 1. The van der Waals surface area contributed by atoms with Crippen LogP contribution in [0.15, 0.2) is 0 Å². The van der Waals surface area contributed by atoms with E-state index in [4.69, 9.17) is 0 Å². The van der Waals surface area contributed by atoms with Gasteiger partial charge in [-0.05, 0) is 31.6 Å². The molecule has 2 atom stereocenters. The van der Waals surface area contributed by atoms with Crippen LogP contribution < -0.4 is 5.32 Å². The summed E-state index contributed by atoms with van der Waals surface area (Å²) in [5, 5.41) is 3.36. The van der Waals surface area contributed by atoms with Crippen LogP contribution in [-0.4, -0.2) is 41.0 Å². The molecule has 0 aromatic carbocycles. The summed E-state index contributed by atoms with van der Waals surface area (Å²) >= 11 is 1.50. The lowest BCUT2D eigenvalue weighted by molar-refractivity contribution is -0.131. The van der Waals surface area contributed by atoms with Crippen LogP contribution in [0.2, 0.25) is 0 Å². The summed E-state index contributed by atoms with van der Waals surface area (Å²) in [5.74, 6) is 0.247. The van der Waals surface area contributed by atoms with E-state index >= 15 is 0 Å². The summed E-state index contributed by atoms with van der Waals surface area (Å²) in [4.78, 5) is 30.5. The normalized spacial score (nSPS) is 24.2. The van der Waals surface area contributed by atoms with Gasteiger partial charge in [0.2, 0.25) is 11.8 Å². The molecule has 0 spiro atoms. The quantitative estimate of drug-likeness (QED) is 0.926. The van der Waals surface area contributed by atoms with Crippen molar-refractivity contribution in [2.24, 2.45) is 5.92 Å². The van der Waals surface area contributed by atoms with Crippen molar-refractivity contribution in [3.63, 3.8) is 0 Å². The lowest BCUT2D eigenvalue weighted by atomic mass is 9.88. The van der Waals surface area contributed by atoms with Crippen LogP contribution in [0, 0.1) is 5.92 Å². The molecular weight excluding hydrogens is 305 g/mol. The number of rotatable bonds is 3. The zero-order chi connectivity index (χ0) is 15.7. The molecule has 1 aliphatic heterocycles. The second kappa shape index (κ2) is 6.32. The van der Waals surface area contributed by atoms with Crippen molar-refractivity contribution in [1.82, 2.24) is 9.88 Å². The lowest BCUT2D eigenvalue weighted by Crippen LogP contribution is -2.31. The van der Waals surface area contributed by atoms with Gasteiger partial charge in [0.05, 0.1) is 12.2 Å². The van der Waals surface area contributed by atoms with Gasteiger partial charge in [-0.3, -0.25) is 9.59 Å². The molecule has 22 heavy (non-hydrogen) atoms. The highest BCUT2D eigenvalue weighted by Gasteiger charge is 2.29. The summed E-state index contributed by atoms with van der Waals surface area (Å²) in [6, 6.07) is 0. The maximum atomic E-state index is 13.2. The first-order valence-corrected chi connectivity index (χ1v) is 8.51. The van der Waals surface area contributed by atoms with Crippen molar-refractivity contribution in [1.29, 1.82) is 0 Å². The minimum Gasteiger partial charge on any atom is -0.340 e. The molecule has 1 fully saturated rings. The van der Waals surface area contributed by atoms with E-state index in [1.54, 1.807) is 4.90 Å². The van der Waals surface area contributed by atoms with E-state index in [1.807, 2.05) is 0 Å². The van der Waals surface area contributed by atoms with Gasteiger partial charge in [-0.15, -0.1) is 11.3 Å². The fourth-order valence-electron chi connectivity index (χ4n) is 3.14. The van der Waals surface area contributed by atoms with Crippen LogP contribution in [0.5, 0.6) is 0 Å². The molecule has 0 saturated carbocycles. The zero-order valence-electron chi connectivity index (χ0n) is 12.6. The predicted octanol–water partition coefficient (Wildman–Crippen LogP) is 2.17. The third-order valence-electron chi connectivity index (χ3n) is 4.27. The monoisotopic (exact) mass is 325 g/mol. The number of hydrogen-bond acceptors (Lipinski definition) is 4. The molecule has 1 aromatic heterocycles. The Morgan fingerprint density at radius 3 is 2.95 bits per heavy atom. The van der Waals surface area contributed by atoms with Gasteiger partial charge in [-0.2, -0.15) is 0 Å². The molecule has 2 amide bonds. The summed E-state index contributed by atoms with van der Waals surface area (Å²) < 4.78 is 13.2. The number of fused-ring (bicyclic) bond motifs is 1. The third-order valence-corrected chi connectivity index (χ3v) is 5.31. The Kier molecular flexibility index (Phi) is 4.42. The number of likely N-dealkylation sites (tertiary alicyclic amines) is 1. The van der Waals surface area contributed by atoms with E-state index in [1.165, 1.54) is 18.3 Å². The number of thiazole rings is 1. The van der Waals surface area contributed by atoms with Gasteiger partial charge >= 0.3 is 0 Å². The van der Waals surface area contributed by atoms with Crippen molar-refractivity contribution in [3.05, 3.63) is 10.6 Å². The number of alkyl halides is 1. The number of aryl methyl sites for hydroxylation is 1.